The molecular formula is C7H17NO3S2. The Morgan fingerprint density at radius 3 is 2.62 bits per heavy atom. The van der Waals surface area contributed by atoms with Crippen molar-refractivity contribution in [3.8, 4) is 0 Å². The van der Waals surface area contributed by atoms with Crippen LogP contribution in [0.2, 0.25) is 0 Å². The average molecular weight is 227 g/mol. The summed E-state index contributed by atoms with van der Waals surface area (Å²) in [6.07, 6.45) is 2.80. The minimum absolute atomic E-state index is 0.335. The lowest BCUT2D eigenvalue weighted by molar-refractivity contribution is 0.295. The number of hydrogen-bond donors (Lipinski definition) is 2. The predicted octanol–water partition coefficient (Wildman–Crippen LogP) is 0.0397. The van der Waals surface area contributed by atoms with Crippen LogP contribution in [0.15, 0.2) is 0 Å². The number of nitrogens with one attached hydrogen (secondary N) is 1. The van der Waals surface area contributed by atoms with Crippen molar-refractivity contribution in [1.82, 2.24) is 4.72 Å². The van der Waals surface area contributed by atoms with Crippen molar-refractivity contribution in [2.75, 3.05) is 25.2 Å². The van der Waals surface area contributed by atoms with Crippen molar-refractivity contribution < 1.29 is 13.5 Å². The summed E-state index contributed by atoms with van der Waals surface area (Å²) < 4.78 is 24.9. The van der Waals surface area contributed by atoms with Crippen LogP contribution in [-0.2, 0) is 10.0 Å². The lowest BCUT2D eigenvalue weighted by Gasteiger charge is -2.10. The van der Waals surface area contributed by atoms with Gasteiger partial charge in [-0.25, -0.2) is 13.1 Å². The second-order valence-corrected chi connectivity index (χ2v) is 5.95. The summed E-state index contributed by atoms with van der Waals surface area (Å²) in [7, 11) is -3.30. The van der Waals surface area contributed by atoms with E-state index in [-0.39, 0.29) is 6.61 Å². The molecule has 0 heterocycles. The van der Waals surface area contributed by atoms with Crippen LogP contribution in [0.4, 0.5) is 0 Å². The molecule has 0 radical (unpaired) electrons. The quantitative estimate of drug-likeness (QED) is 0.603. The molecule has 0 rings (SSSR count). The van der Waals surface area contributed by atoms with Gasteiger partial charge in [-0.05, 0) is 25.4 Å². The van der Waals surface area contributed by atoms with E-state index < -0.39 is 15.3 Å². The maximum atomic E-state index is 11.2. The highest BCUT2D eigenvalue weighted by molar-refractivity contribution is 7.98. The lowest BCUT2D eigenvalue weighted by atomic mass is 10.5. The first-order valence-corrected chi connectivity index (χ1v) is 7.07. The summed E-state index contributed by atoms with van der Waals surface area (Å²) in [5.41, 5.74) is 0. The van der Waals surface area contributed by atoms with Gasteiger partial charge in [-0.15, -0.1) is 0 Å². The van der Waals surface area contributed by atoms with Gasteiger partial charge in [0.05, 0.1) is 11.9 Å². The molecule has 6 heteroatoms. The summed E-state index contributed by atoms with van der Waals surface area (Å²) in [5.74, 6) is 0.941. The van der Waals surface area contributed by atoms with Crippen LogP contribution in [0.5, 0.6) is 0 Å². The van der Waals surface area contributed by atoms with E-state index in [2.05, 4.69) is 4.72 Å². The number of rotatable bonds is 7. The number of aliphatic hydroxyl groups excluding tert-OH is 1. The fourth-order valence-corrected chi connectivity index (χ4v) is 2.01. The van der Waals surface area contributed by atoms with E-state index in [0.717, 1.165) is 12.2 Å². The number of hydrogen-bond acceptors (Lipinski definition) is 4. The summed E-state index contributed by atoms with van der Waals surface area (Å²) in [6, 6.07) is 0. The molecule has 0 aliphatic carbocycles. The Morgan fingerprint density at radius 1 is 1.54 bits per heavy atom. The van der Waals surface area contributed by atoms with Crippen molar-refractivity contribution in [2.24, 2.45) is 0 Å². The van der Waals surface area contributed by atoms with Gasteiger partial charge in [0.1, 0.15) is 0 Å². The molecule has 0 spiro atoms. The van der Waals surface area contributed by atoms with Gasteiger partial charge in [-0.1, -0.05) is 0 Å². The third kappa shape index (κ3) is 5.51. The Hall–Kier alpha value is 0.220. The second kappa shape index (κ2) is 6.64. The zero-order valence-electron chi connectivity index (χ0n) is 7.99. The molecule has 2 N–H and O–H groups in total. The third-order valence-electron chi connectivity index (χ3n) is 1.62. The monoisotopic (exact) mass is 227 g/mol. The summed E-state index contributed by atoms with van der Waals surface area (Å²) in [5, 5.41) is 7.93. The van der Waals surface area contributed by atoms with E-state index >= 15 is 0 Å². The first-order chi connectivity index (χ1) is 6.04. The van der Waals surface area contributed by atoms with Crippen molar-refractivity contribution >= 4 is 21.8 Å². The molecule has 0 fully saturated rings. The van der Waals surface area contributed by atoms with Gasteiger partial charge in [0, 0.05) is 6.54 Å². The summed E-state index contributed by atoms with van der Waals surface area (Å²) in [4.78, 5) is 0. The van der Waals surface area contributed by atoms with Crippen molar-refractivity contribution in [1.29, 1.82) is 0 Å². The molecule has 0 aromatic carbocycles. The Bertz CT molecular complexity index is 216. The van der Waals surface area contributed by atoms with E-state index in [9.17, 15) is 8.42 Å². The van der Waals surface area contributed by atoms with Gasteiger partial charge in [-0.2, -0.15) is 11.8 Å². The molecule has 1 unspecified atom stereocenters. The SMILES string of the molecule is CSCCCNS(=O)(=O)C(C)CO. The average Bonchev–Trinajstić information content (AvgIpc) is 2.11. The molecule has 0 saturated heterocycles. The molecule has 13 heavy (non-hydrogen) atoms. The molecular weight excluding hydrogens is 210 g/mol. The van der Waals surface area contributed by atoms with Gasteiger partial charge in [0.25, 0.3) is 0 Å². The normalized spacial score (nSPS) is 14.4. The summed E-state index contributed by atoms with van der Waals surface area (Å²) >= 11 is 1.68. The van der Waals surface area contributed by atoms with Gasteiger partial charge in [0.2, 0.25) is 10.0 Å². The highest BCUT2D eigenvalue weighted by atomic mass is 32.2. The molecule has 0 aromatic rings. The van der Waals surface area contributed by atoms with Crippen LogP contribution in [0.3, 0.4) is 0 Å². The molecule has 1 atom stereocenters. The Labute approximate surface area is 84.2 Å². The fourth-order valence-electron chi connectivity index (χ4n) is 0.671. The van der Waals surface area contributed by atoms with Crippen molar-refractivity contribution in [2.45, 2.75) is 18.6 Å². The second-order valence-electron chi connectivity index (χ2n) is 2.78. The molecule has 0 saturated carbocycles. The van der Waals surface area contributed by atoms with E-state index in [1.165, 1.54) is 6.92 Å². The van der Waals surface area contributed by atoms with Gasteiger partial charge in [-0.3, -0.25) is 0 Å². The van der Waals surface area contributed by atoms with E-state index in [4.69, 9.17) is 5.11 Å². The molecule has 0 aliphatic rings. The fraction of sp³-hybridized carbons (Fsp3) is 1.00. The zero-order chi connectivity index (χ0) is 10.3. The minimum atomic E-state index is -3.30. The maximum absolute atomic E-state index is 11.2. The van der Waals surface area contributed by atoms with Crippen molar-refractivity contribution in [3.63, 3.8) is 0 Å². The molecule has 0 aromatic heterocycles. The smallest absolute Gasteiger partial charge is 0.216 e. The summed E-state index contributed by atoms with van der Waals surface area (Å²) in [6.45, 7) is 1.60. The van der Waals surface area contributed by atoms with Crippen LogP contribution in [-0.4, -0.2) is 43.9 Å². The van der Waals surface area contributed by atoms with Crippen LogP contribution >= 0.6 is 11.8 Å². The highest BCUT2D eigenvalue weighted by Gasteiger charge is 2.18. The first-order valence-electron chi connectivity index (χ1n) is 4.13. The van der Waals surface area contributed by atoms with E-state index in [1.807, 2.05) is 6.26 Å². The van der Waals surface area contributed by atoms with Crippen LogP contribution in [0.1, 0.15) is 13.3 Å². The van der Waals surface area contributed by atoms with Gasteiger partial charge in [0.15, 0.2) is 0 Å². The maximum Gasteiger partial charge on any atom is 0.216 e. The molecule has 80 valence electrons. The lowest BCUT2D eigenvalue weighted by Crippen LogP contribution is -2.35. The number of thioether (sulfide) groups is 1. The van der Waals surface area contributed by atoms with Crippen LogP contribution in [0, 0.1) is 0 Å². The Kier molecular flexibility index (Phi) is 6.75. The molecule has 4 nitrogen and oxygen atoms in total. The minimum Gasteiger partial charge on any atom is -0.395 e. The largest absolute Gasteiger partial charge is 0.395 e. The Morgan fingerprint density at radius 2 is 2.15 bits per heavy atom. The van der Waals surface area contributed by atoms with Gasteiger partial charge < -0.3 is 5.11 Å². The van der Waals surface area contributed by atoms with Gasteiger partial charge >= 0.3 is 0 Å². The molecule has 0 bridgehead atoms. The first kappa shape index (κ1) is 13.2. The van der Waals surface area contributed by atoms with Crippen molar-refractivity contribution in [3.05, 3.63) is 0 Å². The van der Waals surface area contributed by atoms with E-state index in [0.29, 0.717) is 6.54 Å². The standard InChI is InChI=1S/C7H17NO3S2/c1-7(6-9)13(10,11)8-4-3-5-12-2/h7-9H,3-6H2,1-2H3. The number of sulfonamides is 1. The van der Waals surface area contributed by atoms with E-state index in [1.54, 1.807) is 11.8 Å². The number of aliphatic hydroxyl groups is 1. The van der Waals surface area contributed by atoms with Crippen LogP contribution in [0.25, 0.3) is 0 Å². The third-order valence-corrected chi connectivity index (χ3v) is 4.13. The van der Waals surface area contributed by atoms with Crippen LogP contribution < -0.4 is 4.72 Å². The molecule has 0 amide bonds. The predicted molar refractivity (Wildman–Crippen MR) is 56.5 cm³/mol. The Balaban J connectivity index is 3.77. The highest BCUT2D eigenvalue weighted by Crippen LogP contribution is 1.98. The topological polar surface area (TPSA) is 66.4 Å². The zero-order valence-corrected chi connectivity index (χ0v) is 9.62. The molecule has 0 aliphatic heterocycles.